The van der Waals surface area contributed by atoms with E-state index in [2.05, 4.69) is 5.32 Å². The standard InChI is InChI=1S/C20H18ClN3O3/c1-14-5-7-15(8-6-14)12-23-10-9-19(26)24(20(23)27)13-18(25)22-17-4-2-3-16(21)11-17/h2-11H,12-13H2,1H3,(H,22,25). The molecule has 7 heteroatoms. The molecule has 0 unspecified atom stereocenters. The summed E-state index contributed by atoms with van der Waals surface area (Å²) in [7, 11) is 0. The average molecular weight is 384 g/mol. The number of benzene rings is 2. The van der Waals surface area contributed by atoms with E-state index in [-0.39, 0.29) is 6.54 Å². The molecule has 0 fully saturated rings. The monoisotopic (exact) mass is 383 g/mol. The summed E-state index contributed by atoms with van der Waals surface area (Å²) in [5.74, 6) is -0.482. The zero-order valence-corrected chi connectivity index (χ0v) is 15.4. The van der Waals surface area contributed by atoms with Crippen LogP contribution >= 0.6 is 11.6 Å². The highest BCUT2D eigenvalue weighted by atomic mass is 35.5. The number of halogens is 1. The SMILES string of the molecule is Cc1ccc(Cn2ccc(=O)n(CC(=O)Nc3cccc(Cl)c3)c2=O)cc1. The van der Waals surface area contributed by atoms with E-state index in [0.717, 1.165) is 15.7 Å². The van der Waals surface area contributed by atoms with Crippen molar-refractivity contribution in [2.24, 2.45) is 0 Å². The fourth-order valence-corrected chi connectivity index (χ4v) is 2.81. The van der Waals surface area contributed by atoms with Gasteiger partial charge in [0.2, 0.25) is 5.91 Å². The van der Waals surface area contributed by atoms with Gasteiger partial charge in [-0.1, -0.05) is 47.5 Å². The Balaban J connectivity index is 1.80. The van der Waals surface area contributed by atoms with E-state index < -0.39 is 17.2 Å². The van der Waals surface area contributed by atoms with Gasteiger partial charge in [0.05, 0.1) is 6.54 Å². The lowest BCUT2D eigenvalue weighted by molar-refractivity contribution is -0.116. The maximum atomic E-state index is 12.6. The summed E-state index contributed by atoms with van der Waals surface area (Å²) in [5.41, 5.74) is 1.48. The number of amides is 1. The fourth-order valence-electron chi connectivity index (χ4n) is 2.62. The second-order valence-electron chi connectivity index (χ2n) is 6.19. The van der Waals surface area contributed by atoms with E-state index in [1.165, 1.54) is 16.8 Å². The minimum Gasteiger partial charge on any atom is -0.324 e. The maximum Gasteiger partial charge on any atom is 0.331 e. The normalized spacial score (nSPS) is 10.6. The van der Waals surface area contributed by atoms with Crippen LogP contribution < -0.4 is 16.6 Å². The van der Waals surface area contributed by atoms with Crippen LogP contribution in [-0.4, -0.2) is 15.0 Å². The first-order chi connectivity index (χ1) is 12.9. The molecule has 2 aromatic carbocycles. The van der Waals surface area contributed by atoms with E-state index in [1.807, 2.05) is 31.2 Å². The van der Waals surface area contributed by atoms with Crippen molar-refractivity contribution in [3.8, 4) is 0 Å². The number of nitrogens with zero attached hydrogens (tertiary/aromatic N) is 2. The molecule has 3 rings (SSSR count). The van der Waals surface area contributed by atoms with E-state index in [9.17, 15) is 14.4 Å². The molecule has 3 aromatic rings. The number of aromatic nitrogens is 2. The van der Waals surface area contributed by atoms with Gasteiger partial charge >= 0.3 is 5.69 Å². The molecule has 1 amide bonds. The minimum atomic E-state index is -0.538. The highest BCUT2D eigenvalue weighted by Gasteiger charge is 2.11. The van der Waals surface area contributed by atoms with Gasteiger partial charge in [0.1, 0.15) is 6.54 Å². The quantitative estimate of drug-likeness (QED) is 0.736. The third-order valence-electron chi connectivity index (χ3n) is 4.02. The topological polar surface area (TPSA) is 73.1 Å². The lowest BCUT2D eigenvalue weighted by Crippen LogP contribution is -2.41. The van der Waals surface area contributed by atoms with Gasteiger partial charge in [-0.25, -0.2) is 4.79 Å². The second-order valence-corrected chi connectivity index (χ2v) is 6.63. The molecule has 0 aliphatic carbocycles. The Bertz CT molecular complexity index is 1080. The number of aryl methyl sites for hydroxylation is 1. The summed E-state index contributed by atoms with van der Waals surface area (Å²) >= 11 is 5.89. The first-order valence-electron chi connectivity index (χ1n) is 8.33. The molecular weight excluding hydrogens is 366 g/mol. The van der Waals surface area contributed by atoms with Crippen molar-refractivity contribution in [3.05, 3.63) is 97.8 Å². The van der Waals surface area contributed by atoms with Crippen molar-refractivity contribution in [2.75, 3.05) is 5.32 Å². The molecule has 1 N–H and O–H groups in total. The van der Waals surface area contributed by atoms with E-state index in [0.29, 0.717) is 17.3 Å². The van der Waals surface area contributed by atoms with Crippen molar-refractivity contribution in [3.63, 3.8) is 0 Å². The summed E-state index contributed by atoms with van der Waals surface area (Å²) in [6.45, 7) is 1.92. The van der Waals surface area contributed by atoms with Crippen molar-refractivity contribution in [2.45, 2.75) is 20.0 Å². The second kappa shape index (κ2) is 8.05. The molecule has 1 heterocycles. The lowest BCUT2D eigenvalue weighted by atomic mass is 10.1. The molecule has 0 radical (unpaired) electrons. The lowest BCUT2D eigenvalue weighted by Gasteiger charge is -2.11. The van der Waals surface area contributed by atoms with Crippen molar-refractivity contribution in [1.82, 2.24) is 9.13 Å². The summed E-state index contributed by atoms with van der Waals surface area (Å²) < 4.78 is 2.31. The molecule has 27 heavy (non-hydrogen) atoms. The predicted octanol–water partition coefficient (Wildman–Crippen LogP) is 2.66. The Hall–Kier alpha value is -3.12. The molecule has 0 atom stereocenters. The molecular formula is C20H18ClN3O3. The molecule has 0 bridgehead atoms. The fraction of sp³-hybridized carbons (Fsp3) is 0.150. The van der Waals surface area contributed by atoms with Crippen LogP contribution in [0.2, 0.25) is 5.02 Å². The zero-order valence-electron chi connectivity index (χ0n) is 14.7. The van der Waals surface area contributed by atoms with Crippen molar-refractivity contribution < 1.29 is 4.79 Å². The molecule has 0 aliphatic heterocycles. The van der Waals surface area contributed by atoms with Gasteiger partial charge in [-0.3, -0.25) is 18.7 Å². The highest BCUT2D eigenvalue weighted by Crippen LogP contribution is 2.14. The van der Waals surface area contributed by atoms with Gasteiger partial charge in [0.25, 0.3) is 5.56 Å². The maximum absolute atomic E-state index is 12.6. The van der Waals surface area contributed by atoms with Crippen LogP contribution in [0, 0.1) is 6.92 Å². The predicted molar refractivity (Wildman–Crippen MR) is 105 cm³/mol. The van der Waals surface area contributed by atoms with Gasteiger partial charge < -0.3 is 5.32 Å². The summed E-state index contributed by atoms with van der Waals surface area (Å²) in [5, 5.41) is 3.11. The molecule has 1 aromatic heterocycles. The Morgan fingerprint density at radius 3 is 2.52 bits per heavy atom. The van der Waals surface area contributed by atoms with E-state index in [1.54, 1.807) is 24.3 Å². The Kier molecular flexibility index (Phi) is 5.57. The number of hydrogen-bond acceptors (Lipinski definition) is 3. The average Bonchev–Trinajstić information content (AvgIpc) is 2.63. The molecule has 0 spiro atoms. The molecule has 138 valence electrons. The first kappa shape index (κ1) is 18.7. The van der Waals surface area contributed by atoms with Gasteiger partial charge in [0, 0.05) is 23.0 Å². The number of carbonyl (C=O) groups excluding carboxylic acids is 1. The zero-order chi connectivity index (χ0) is 19.4. The van der Waals surface area contributed by atoms with Crippen molar-refractivity contribution in [1.29, 1.82) is 0 Å². The van der Waals surface area contributed by atoms with Crippen LogP contribution in [0.5, 0.6) is 0 Å². The molecule has 0 aliphatic rings. The first-order valence-corrected chi connectivity index (χ1v) is 8.71. The largest absolute Gasteiger partial charge is 0.331 e. The number of carbonyl (C=O) groups is 1. The third kappa shape index (κ3) is 4.74. The van der Waals surface area contributed by atoms with Gasteiger partial charge in [-0.2, -0.15) is 0 Å². The van der Waals surface area contributed by atoms with Crippen LogP contribution in [0.1, 0.15) is 11.1 Å². The molecule has 0 saturated carbocycles. The number of nitrogens with one attached hydrogen (secondary N) is 1. The number of rotatable bonds is 5. The minimum absolute atomic E-state index is 0.315. The van der Waals surface area contributed by atoms with Gasteiger partial charge in [-0.15, -0.1) is 0 Å². The van der Waals surface area contributed by atoms with Gasteiger partial charge in [0.15, 0.2) is 0 Å². The van der Waals surface area contributed by atoms with Crippen LogP contribution in [0.4, 0.5) is 5.69 Å². The van der Waals surface area contributed by atoms with Crippen LogP contribution in [0.3, 0.4) is 0 Å². The van der Waals surface area contributed by atoms with Gasteiger partial charge in [-0.05, 0) is 30.7 Å². The smallest absolute Gasteiger partial charge is 0.324 e. The van der Waals surface area contributed by atoms with Crippen molar-refractivity contribution >= 4 is 23.2 Å². The molecule has 6 nitrogen and oxygen atoms in total. The van der Waals surface area contributed by atoms with Crippen LogP contribution in [0.15, 0.2) is 70.4 Å². The van der Waals surface area contributed by atoms with E-state index >= 15 is 0 Å². The Labute approximate surface area is 160 Å². The summed E-state index contributed by atoms with van der Waals surface area (Å²) in [6, 6.07) is 15.7. The third-order valence-corrected chi connectivity index (χ3v) is 4.26. The Morgan fingerprint density at radius 2 is 1.81 bits per heavy atom. The number of anilines is 1. The summed E-state index contributed by atoms with van der Waals surface area (Å²) in [4.78, 5) is 37.0. The summed E-state index contributed by atoms with van der Waals surface area (Å²) in [6.07, 6.45) is 1.44. The number of hydrogen-bond donors (Lipinski definition) is 1. The molecule has 0 saturated heterocycles. The highest BCUT2D eigenvalue weighted by molar-refractivity contribution is 6.30. The Morgan fingerprint density at radius 1 is 1.07 bits per heavy atom. The van der Waals surface area contributed by atoms with Crippen LogP contribution in [0.25, 0.3) is 0 Å². The van der Waals surface area contributed by atoms with Crippen LogP contribution in [-0.2, 0) is 17.9 Å². The van der Waals surface area contributed by atoms with E-state index in [4.69, 9.17) is 11.6 Å².